The van der Waals surface area contributed by atoms with Crippen LogP contribution in [0.25, 0.3) is 10.9 Å². The van der Waals surface area contributed by atoms with Gasteiger partial charge in [-0.2, -0.15) is 5.10 Å². The molecule has 0 radical (unpaired) electrons. The standard InChI is InChI=1S/C10H13ClN4/c1-15-9-6-7(11)2-3-8(9)10(14-15)13-5-4-12/h2-3,6H,4-5,12H2,1H3,(H,13,14). The first-order valence-corrected chi connectivity index (χ1v) is 5.16. The van der Waals surface area contributed by atoms with Crippen molar-refractivity contribution in [3.63, 3.8) is 0 Å². The second-order valence-corrected chi connectivity index (χ2v) is 3.79. The molecule has 2 rings (SSSR count). The van der Waals surface area contributed by atoms with Gasteiger partial charge >= 0.3 is 0 Å². The molecule has 0 fully saturated rings. The van der Waals surface area contributed by atoms with Gasteiger partial charge in [-0.15, -0.1) is 0 Å². The van der Waals surface area contributed by atoms with E-state index in [0.717, 1.165) is 28.3 Å². The van der Waals surface area contributed by atoms with E-state index in [0.29, 0.717) is 6.54 Å². The molecule has 0 unspecified atom stereocenters. The van der Waals surface area contributed by atoms with E-state index < -0.39 is 0 Å². The summed E-state index contributed by atoms with van der Waals surface area (Å²) >= 11 is 5.92. The lowest BCUT2D eigenvalue weighted by Gasteiger charge is -1.99. The Kier molecular flexibility index (Phi) is 2.79. The van der Waals surface area contributed by atoms with Crippen LogP contribution in [0.2, 0.25) is 5.02 Å². The number of nitrogens with two attached hydrogens (primary N) is 1. The maximum atomic E-state index is 5.92. The highest BCUT2D eigenvalue weighted by Gasteiger charge is 2.07. The minimum Gasteiger partial charge on any atom is -0.367 e. The van der Waals surface area contributed by atoms with Crippen molar-refractivity contribution in [1.29, 1.82) is 0 Å². The van der Waals surface area contributed by atoms with Gasteiger partial charge in [-0.25, -0.2) is 0 Å². The van der Waals surface area contributed by atoms with Crippen molar-refractivity contribution >= 4 is 28.3 Å². The third kappa shape index (κ3) is 1.91. The monoisotopic (exact) mass is 224 g/mol. The summed E-state index contributed by atoms with van der Waals surface area (Å²) in [5, 5.41) is 9.32. The van der Waals surface area contributed by atoms with Gasteiger partial charge in [0.2, 0.25) is 0 Å². The molecule has 0 aliphatic heterocycles. The summed E-state index contributed by atoms with van der Waals surface area (Å²) in [7, 11) is 1.90. The number of nitrogens with one attached hydrogen (secondary N) is 1. The number of benzene rings is 1. The molecule has 0 aliphatic rings. The summed E-state index contributed by atoms with van der Waals surface area (Å²) in [6.07, 6.45) is 0. The molecule has 1 heterocycles. The molecular weight excluding hydrogens is 212 g/mol. The lowest BCUT2D eigenvalue weighted by Crippen LogP contribution is -2.13. The Hall–Kier alpha value is -1.26. The Morgan fingerprint density at radius 3 is 3.07 bits per heavy atom. The van der Waals surface area contributed by atoms with E-state index in [1.165, 1.54) is 0 Å². The molecule has 15 heavy (non-hydrogen) atoms. The molecule has 2 aromatic rings. The van der Waals surface area contributed by atoms with Crippen LogP contribution < -0.4 is 11.1 Å². The minimum absolute atomic E-state index is 0.589. The lowest BCUT2D eigenvalue weighted by molar-refractivity contribution is 0.796. The van der Waals surface area contributed by atoms with Gasteiger partial charge in [0.1, 0.15) is 0 Å². The van der Waals surface area contributed by atoms with Gasteiger partial charge < -0.3 is 11.1 Å². The lowest BCUT2D eigenvalue weighted by atomic mass is 10.2. The SMILES string of the molecule is Cn1nc(NCCN)c2ccc(Cl)cc21. The number of hydrogen-bond donors (Lipinski definition) is 2. The number of rotatable bonds is 3. The number of hydrogen-bond acceptors (Lipinski definition) is 3. The first kappa shape index (κ1) is 10.3. The van der Waals surface area contributed by atoms with Gasteiger partial charge in [-0.1, -0.05) is 11.6 Å². The number of aromatic nitrogens is 2. The summed E-state index contributed by atoms with van der Waals surface area (Å²) in [5.41, 5.74) is 6.45. The van der Waals surface area contributed by atoms with Gasteiger partial charge in [-0.05, 0) is 18.2 Å². The predicted octanol–water partition coefficient (Wildman–Crippen LogP) is 1.60. The van der Waals surface area contributed by atoms with Crippen molar-refractivity contribution in [1.82, 2.24) is 9.78 Å². The molecule has 0 spiro atoms. The first-order chi connectivity index (χ1) is 7.22. The molecule has 0 saturated carbocycles. The summed E-state index contributed by atoms with van der Waals surface area (Å²) < 4.78 is 1.81. The van der Waals surface area contributed by atoms with E-state index in [1.54, 1.807) is 4.68 Å². The van der Waals surface area contributed by atoms with Crippen molar-refractivity contribution in [2.24, 2.45) is 12.8 Å². The van der Waals surface area contributed by atoms with Crippen LogP contribution >= 0.6 is 11.6 Å². The Balaban J connectivity index is 2.48. The fourth-order valence-electron chi connectivity index (χ4n) is 1.55. The molecule has 5 heteroatoms. The van der Waals surface area contributed by atoms with Crippen molar-refractivity contribution in [3.8, 4) is 0 Å². The molecule has 1 aromatic carbocycles. The Morgan fingerprint density at radius 1 is 1.53 bits per heavy atom. The molecule has 4 nitrogen and oxygen atoms in total. The third-order valence-electron chi connectivity index (χ3n) is 2.25. The molecule has 0 bridgehead atoms. The van der Waals surface area contributed by atoms with Gasteiger partial charge in [0.15, 0.2) is 5.82 Å². The van der Waals surface area contributed by atoms with E-state index in [2.05, 4.69) is 10.4 Å². The smallest absolute Gasteiger partial charge is 0.156 e. The highest BCUT2D eigenvalue weighted by Crippen LogP contribution is 2.24. The molecule has 80 valence electrons. The van der Waals surface area contributed by atoms with Gasteiger partial charge in [0, 0.05) is 30.5 Å². The van der Waals surface area contributed by atoms with Crippen LogP contribution in [0.1, 0.15) is 0 Å². The fraction of sp³-hybridized carbons (Fsp3) is 0.300. The summed E-state index contributed by atoms with van der Waals surface area (Å²) in [6, 6.07) is 5.72. The van der Waals surface area contributed by atoms with E-state index in [9.17, 15) is 0 Å². The van der Waals surface area contributed by atoms with Crippen molar-refractivity contribution in [3.05, 3.63) is 23.2 Å². The maximum absolute atomic E-state index is 5.92. The first-order valence-electron chi connectivity index (χ1n) is 4.78. The number of anilines is 1. The zero-order valence-corrected chi connectivity index (χ0v) is 9.25. The van der Waals surface area contributed by atoms with Crippen LogP contribution in [0.5, 0.6) is 0 Å². The fourth-order valence-corrected chi connectivity index (χ4v) is 1.72. The van der Waals surface area contributed by atoms with E-state index in [-0.39, 0.29) is 0 Å². The average Bonchev–Trinajstić information content (AvgIpc) is 2.53. The number of nitrogens with zero attached hydrogens (tertiary/aromatic N) is 2. The van der Waals surface area contributed by atoms with Crippen LogP contribution in [-0.4, -0.2) is 22.9 Å². The molecular formula is C10H13ClN4. The van der Waals surface area contributed by atoms with Crippen LogP contribution in [0.15, 0.2) is 18.2 Å². The summed E-state index contributed by atoms with van der Waals surface area (Å²) in [5.74, 6) is 0.856. The van der Waals surface area contributed by atoms with Crippen molar-refractivity contribution < 1.29 is 0 Å². The molecule has 1 aromatic heterocycles. The summed E-state index contributed by atoms with van der Waals surface area (Å²) in [6.45, 7) is 1.31. The van der Waals surface area contributed by atoms with Gasteiger partial charge in [0.05, 0.1) is 5.52 Å². The second kappa shape index (κ2) is 4.08. The molecule has 3 N–H and O–H groups in total. The van der Waals surface area contributed by atoms with Crippen LogP contribution in [0.3, 0.4) is 0 Å². The van der Waals surface area contributed by atoms with E-state index in [1.807, 2.05) is 25.2 Å². The maximum Gasteiger partial charge on any atom is 0.156 e. The highest BCUT2D eigenvalue weighted by atomic mass is 35.5. The van der Waals surface area contributed by atoms with E-state index in [4.69, 9.17) is 17.3 Å². The molecule has 0 atom stereocenters. The summed E-state index contributed by atoms with van der Waals surface area (Å²) in [4.78, 5) is 0. The second-order valence-electron chi connectivity index (χ2n) is 3.35. The topological polar surface area (TPSA) is 55.9 Å². The largest absolute Gasteiger partial charge is 0.367 e. The molecule has 0 aliphatic carbocycles. The normalized spacial score (nSPS) is 10.9. The van der Waals surface area contributed by atoms with Gasteiger partial charge in [0.25, 0.3) is 0 Å². The number of halogens is 1. The van der Waals surface area contributed by atoms with Crippen LogP contribution in [0.4, 0.5) is 5.82 Å². The highest BCUT2D eigenvalue weighted by molar-refractivity contribution is 6.31. The zero-order valence-electron chi connectivity index (χ0n) is 8.50. The molecule has 0 saturated heterocycles. The zero-order chi connectivity index (χ0) is 10.8. The Bertz CT molecular complexity index is 477. The number of fused-ring (bicyclic) bond motifs is 1. The van der Waals surface area contributed by atoms with Crippen molar-refractivity contribution in [2.45, 2.75) is 0 Å². The van der Waals surface area contributed by atoms with Crippen molar-refractivity contribution in [2.75, 3.05) is 18.4 Å². The van der Waals surface area contributed by atoms with Crippen LogP contribution in [0, 0.1) is 0 Å². The Morgan fingerprint density at radius 2 is 2.33 bits per heavy atom. The molecule has 0 amide bonds. The van der Waals surface area contributed by atoms with E-state index >= 15 is 0 Å². The minimum atomic E-state index is 0.589. The quantitative estimate of drug-likeness (QED) is 0.833. The predicted molar refractivity (Wildman–Crippen MR) is 63.3 cm³/mol. The van der Waals surface area contributed by atoms with Crippen LogP contribution in [-0.2, 0) is 7.05 Å². The Labute approximate surface area is 93.0 Å². The van der Waals surface area contributed by atoms with Gasteiger partial charge in [-0.3, -0.25) is 4.68 Å². The third-order valence-corrected chi connectivity index (χ3v) is 2.49. The average molecular weight is 225 g/mol. The number of aryl methyl sites for hydroxylation is 1.